The lowest BCUT2D eigenvalue weighted by Crippen LogP contribution is -2.37. The fourth-order valence-corrected chi connectivity index (χ4v) is 2.85. The molecule has 146 valence electrons. The van der Waals surface area contributed by atoms with Crippen LogP contribution in [-0.4, -0.2) is 38.1 Å². The molecule has 0 aromatic rings. The molecular weight excluding hydrogens is 324 g/mol. The lowest BCUT2D eigenvalue weighted by Gasteiger charge is -2.34. The minimum atomic E-state index is 0.173. The first-order valence-corrected chi connectivity index (χ1v) is 9.95. The van der Waals surface area contributed by atoms with Crippen LogP contribution in [0.25, 0.3) is 0 Å². The predicted octanol–water partition coefficient (Wildman–Crippen LogP) is 4.59. The normalized spacial score (nSPS) is 21.6. The van der Waals surface area contributed by atoms with Gasteiger partial charge < -0.3 is 14.2 Å². The number of terminal acetylenes is 3. The van der Waals surface area contributed by atoms with Crippen LogP contribution < -0.4 is 0 Å². The van der Waals surface area contributed by atoms with Gasteiger partial charge in [-0.25, -0.2) is 0 Å². The number of hydrogen-bond donors (Lipinski definition) is 0. The van der Waals surface area contributed by atoms with Gasteiger partial charge in [0, 0.05) is 39.1 Å². The summed E-state index contributed by atoms with van der Waals surface area (Å²) in [6.45, 7) is 6.09. The lowest BCUT2D eigenvalue weighted by molar-refractivity contribution is -0.101. The minimum absolute atomic E-state index is 0.173. The van der Waals surface area contributed by atoms with Gasteiger partial charge in [0.25, 0.3) is 0 Å². The van der Waals surface area contributed by atoms with E-state index in [2.05, 4.69) is 17.8 Å². The summed E-state index contributed by atoms with van der Waals surface area (Å²) >= 11 is 0. The zero-order valence-corrected chi connectivity index (χ0v) is 16.7. The molecule has 26 heavy (non-hydrogen) atoms. The van der Waals surface area contributed by atoms with Crippen LogP contribution in [0, 0.1) is 37.0 Å². The van der Waals surface area contributed by atoms with Crippen LogP contribution in [-0.2, 0) is 14.2 Å². The Morgan fingerprint density at radius 3 is 1.12 bits per heavy atom. The third-order valence-electron chi connectivity index (χ3n) is 4.03. The van der Waals surface area contributed by atoms with Crippen LogP contribution in [0.4, 0.5) is 0 Å². The number of hydrogen-bond acceptors (Lipinski definition) is 3. The van der Waals surface area contributed by atoms with Crippen molar-refractivity contribution in [3.63, 3.8) is 0 Å². The van der Waals surface area contributed by atoms with Crippen molar-refractivity contribution in [1.29, 1.82) is 0 Å². The molecule has 0 aliphatic heterocycles. The fourth-order valence-electron chi connectivity index (χ4n) is 2.85. The van der Waals surface area contributed by atoms with E-state index < -0.39 is 0 Å². The van der Waals surface area contributed by atoms with Gasteiger partial charge in [0.1, 0.15) is 0 Å². The third kappa shape index (κ3) is 12.9. The van der Waals surface area contributed by atoms with Crippen molar-refractivity contribution in [1.82, 2.24) is 0 Å². The minimum Gasteiger partial charge on any atom is -0.378 e. The molecular formula is C23H36O3. The van der Waals surface area contributed by atoms with E-state index in [0.717, 1.165) is 57.8 Å². The quantitative estimate of drug-likeness (QED) is 0.376. The van der Waals surface area contributed by atoms with Crippen LogP contribution >= 0.6 is 0 Å². The standard InChI is InChI=1S/C21H30O3.C2H6/c1-4-7-10-13-22-19-16-20(23-14-11-8-5-2)18-21(17-19)24-15-12-9-6-3;1-2/h1-3,19-21H,7-18H2;1-2H3. The summed E-state index contributed by atoms with van der Waals surface area (Å²) in [5.41, 5.74) is 0. The van der Waals surface area contributed by atoms with E-state index in [4.69, 9.17) is 33.5 Å². The highest BCUT2D eigenvalue weighted by Crippen LogP contribution is 2.27. The predicted molar refractivity (Wildman–Crippen MR) is 109 cm³/mol. The lowest BCUT2D eigenvalue weighted by atomic mass is 9.92. The maximum absolute atomic E-state index is 5.98. The van der Waals surface area contributed by atoms with Crippen molar-refractivity contribution in [3.05, 3.63) is 0 Å². The van der Waals surface area contributed by atoms with E-state index in [1.807, 2.05) is 13.8 Å². The maximum atomic E-state index is 5.98. The molecule has 0 spiro atoms. The van der Waals surface area contributed by atoms with Crippen LogP contribution in [0.1, 0.15) is 71.6 Å². The molecule has 0 heterocycles. The molecule has 0 aromatic heterocycles. The average Bonchev–Trinajstić information content (AvgIpc) is 2.67. The van der Waals surface area contributed by atoms with Crippen molar-refractivity contribution < 1.29 is 14.2 Å². The summed E-state index contributed by atoms with van der Waals surface area (Å²) in [5, 5.41) is 0. The molecule has 0 aromatic carbocycles. The summed E-state index contributed by atoms with van der Waals surface area (Å²) < 4.78 is 17.9. The van der Waals surface area contributed by atoms with Gasteiger partial charge in [-0.1, -0.05) is 13.8 Å². The topological polar surface area (TPSA) is 27.7 Å². The smallest absolute Gasteiger partial charge is 0.0624 e. The Morgan fingerprint density at radius 2 is 0.885 bits per heavy atom. The molecule has 0 N–H and O–H groups in total. The van der Waals surface area contributed by atoms with E-state index in [-0.39, 0.29) is 18.3 Å². The molecule has 1 aliphatic carbocycles. The Kier molecular flexibility index (Phi) is 17.3. The van der Waals surface area contributed by atoms with Gasteiger partial charge in [-0.15, -0.1) is 37.0 Å². The molecule has 3 heteroatoms. The molecule has 1 aliphatic rings. The SMILES string of the molecule is C#CCCCOC1CC(OCCCC#C)CC(OCCCC#C)C1.CC. The summed E-state index contributed by atoms with van der Waals surface area (Å²) in [4.78, 5) is 0. The summed E-state index contributed by atoms with van der Waals surface area (Å²) in [5.74, 6) is 7.92. The molecule has 1 saturated carbocycles. The summed E-state index contributed by atoms with van der Waals surface area (Å²) in [6.07, 6.45) is 24.0. The Bertz CT molecular complexity index is 365. The van der Waals surface area contributed by atoms with E-state index in [9.17, 15) is 0 Å². The third-order valence-corrected chi connectivity index (χ3v) is 4.03. The first-order valence-electron chi connectivity index (χ1n) is 9.95. The summed E-state index contributed by atoms with van der Waals surface area (Å²) in [6, 6.07) is 0. The first kappa shape index (κ1) is 24.6. The highest BCUT2D eigenvalue weighted by atomic mass is 16.5. The molecule has 1 rings (SSSR count). The van der Waals surface area contributed by atoms with Gasteiger partial charge in [-0.05, 0) is 38.5 Å². The molecule has 0 saturated heterocycles. The Balaban J connectivity index is 0.00000301. The number of unbranched alkanes of at least 4 members (excludes halogenated alkanes) is 3. The number of rotatable bonds is 12. The highest BCUT2D eigenvalue weighted by Gasteiger charge is 2.30. The van der Waals surface area contributed by atoms with E-state index in [0.29, 0.717) is 19.8 Å². The van der Waals surface area contributed by atoms with Crippen molar-refractivity contribution in [2.45, 2.75) is 89.9 Å². The fraction of sp³-hybridized carbons (Fsp3) is 0.739. The second-order valence-corrected chi connectivity index (χ2v) is 6.11. The average molecular weight is 361 g/mol. The van der Waals surface area contributed by atoms with Crippen molar-refractivity contribution in [2.75, 3.05) is 19.8 Å². The van der Waals surface area contributed by atoms with E-state index >= 15 is 0 Å². The van der Waals surface area contributed by atoms with Gasteiger partial charge >= 0.3 is 0 Å². The molecule has 0 bridgehead atoms. The molecule has 0 atom stereocenters. The van der Waals surface area contributed by atoms with Crippen LogP contribution in [0.5, 0.6) is 0 Å². The Hall–Kier alpha value is -1.44. The second-order valence-electron chi connectivity index (χ2n) is 6.11. The molecule has 0 radical (unpaired) electrons. The maximum Gasteiger partial charge on any atom is 0.0624 e. The van der Waals surface area contributed by atoms with Crippen molar-refractivity contribution in [2.24, 2.45) is 0 Å². The molecule has 1 fully saturated rings. The number of ether oxygens (including phenoxy) is 3. The highest BCUT2D eigenvalue weighted by molar-refractivity contribution is 4.85. The zero-order chi connectivity index (χ0) is 19.5. The van der Waals surface area contributed by atoms with E-state index in [1.165, 1.54) is 0 Å². The molecule has 0 amide bonds. The zero-order valence-electron chi connectivity index (χ0n) is 16.7. The Morgan fingerprint density at radius 1 is 0.615 bits per heavy atom. The second kappa shape index (κ2) is 18.4. The van der Waals surface area contributed by atoms with Gasteiger partial charge in [0.15, 0.2) is 0 Å². The van der Waals surface area contributed by atoms with Gasteiger partial charge in [-0.3, -0.25) is 0 Å². The molecule has 0 unspecified atom stereocenters. The monoisotopic (exact) mass is 360 g/mol. The Labute approximate surface area is 161 Å². The largest absolute Gasteiger partial charge is 0.378 e. The van der Waals surface area contributed by atoms with Crippen LogP contribution in [0.2, 0.25) is 0 Å². The van der Waals surface area contributed by atoms with Crippen LogP contribution in [0.3, 0.4) is 0 Å². The summed E-state index contributed by atoms with van der Waals surface area (Å²) in [7, 11) is 0. The van der Waals surface area contributed by atoms with Gasteiger partial charge in [-0.2, -0.15) is 0 Å². The van der Waals surface area contributed by atoms with Crippen molar-refractivity contribution in [3.8, 4) is 37.0 Å². The van der Waals surface area contributed by atoms with Gasteiger partial charge in [0.05, 0.1) is 18.3 Å². The van der Waals surface area contributed by atoms with Gasteiger partial charge in [0.2, 0.25) is 0 Å². The molecule has 3 nitrogen and oxygen atoms in total. The van der Waals surface area contributed by atoms with E-state index in [1.54, 1.807) is 0 Å². The van der Waals surface area contributed by atoms with Crippen molar-refractivity contribution >= 4 is 0 Å². The van der Waals surface area contributed by atoms with Crippen LogP contribution in [0.15, 0.2) is 0 Å². The first-order chi connectivity index (χ1) is 12.8.